The van der Waals surface area contributed by atoms with E-state index in [2.05, 4.69) is 73.6 Å². The van der Waals surface area contributed by atoms with Crippen molar-refractivity contribution in [3.05, 3.63) is 71.8 Å². The third kappa shape index (κ3) is 4.76. The van der Waals surface area contributed by atoms with Crippen LogP contribution in [0.2, 0.25) is 0 Å². The molecule has 0 N–H and O–H groups in total. The van der Waals surface area contributed by atoms with Gasteiger partial charge in [0.05, 0.1) is 0 Å². The van der Waals surface area contributed by atoms with Crippen molar-refractivity contribution in [2.24, 2.45) is 0 Å². The molecule has 1 atom stereocenters. The lowest BCUT2D eigenvalue weighted by atomic mass is 10.0. The van der Waals surface area contributed by atoms with Gasteiger partial charge in [0.1, 0.15) is 0 Å². The molecule has 0 bridgehead atoms. The Bertz CT molecular complexity index is 625. The third-order valence-electron chi connectivity index (χ3n) is 4.14. The minimum atomic E-state index is 0.590. The first-order valence-electron chi connectivity index (χ1n) is 8.06. The Labute approximate surface area is 135 Å². The summed E-state index contributed by atoms with van der Waals surface area (Å²) in [6, 6.07) is 9.03. The lowest BCUT2D eigenvalue weighted by molar-refractivity contribution is 0.229. The molecule has 1 heterocycles. The first-order chi connectivity index (χ1) is 10.7. The van der Waals surface area contributed by atoms with Gasteiger partial charge in [-0.15, -0.1) is 0 Å². The second-order valence-corrected chi connectivity index (χ2v) is 5.72. The van der Waals surface area contributed by atoms with Crippen LogP contribution in [0.3, 0.4) is 0 Å². The molecule has 1 heteroatoms. The number of fused-ring (bicyclic) bond motifs is 1. The Morgan fingerprint density at radius 2 is 2.05 bits per heavy atom. The van der Waals surface area contributed by atoms with Crippen LogP contribution in [0.5, 0.6) is 0 Å². The van der Waals surface area contributed by atoms with Crippen LogP contribution in [0, 0.1) is 11.8 Å². The van der Waals surface area contributed by atoms with Crippen molar-refractivity contribution >= 4 is 0 Å². The number of benzene rings is 1. The summed E-state index contributed by atoms with van der Waals surface area (Å²) < 4.78 is 0. The van der Waals surface area contributed by atoms with E-state index in [1.807, 2.05) is 12.2 Å². The zero-order valence-corrected chi connectivity index (χ0v) is 13.7. The smallest absolute Gasteiger partial charge is 0.0281 e. The van der Waals surface area contributed by atoms with Crippen LogP contribution < -0.4 is 0 Å². The molecule has 0 aliphatic carbocycles. The molecule has 1 aliphatic rings. The van der Waals surface area contributed by atoms with Crippen molar-refractivity contribution in [2.45, 2.75) is 32.7 Å². The molecule has 0 fully saturated rings. The molecular weight excluding hydrogens is 266 g/mol. The van der Waals surface area contributed by atoms with Crippen molar-refractivity contribution < 1.29 is 0 Å². The summed E-state index contributed by atoms with van der Waals surface area (Å²) in [7, 11) is 0. The lowest BCUT2D eigenvalue weighted by Crippen LogP contribution is -2.34. The van der Waals surface area contributed by atoms with Gasteiger partial charge in [0.25, 0.3) is 0 Å². The molecule has 2 rings (SSSR count). The summed E-state index contributed by atoms with van der Waals surface area (Å²) >= 11 is 0. The summed E-state index contributed by atoms with van der Waals surface area (Å²) in [5.74, 6) is 6.41. The molecule has 1 aromatic carbocycles. The fraction of sp³-hybridized carbons (Fsp3) is 0.333. The Hall–Kier alpha value is -2.04. The van der Waals surface area contributed by atoms with Crippen molar-refractivity contribution in [1.29, 1.82) is 0 Å². The van der Waals surface area contributed by atoms with E-state index < -0.39 is 0 Å². The van der Waals surface area contributed by atoms with E-state index in [1.165, 1.54) is 12.0 Å². The lowest BCUT2D eigenvalue weighted by Gasteiger charge is -2.27. The summed E-state index contributed by atoms with van der Waals surface area (Å²) in [5, 5.41) is 0. The largest absolute Gasteiger partial charge is 0.297 e. The SMILES string of the molecule is C=C1C#Cc2ccccc2CCN(C(C)CC)C/C=C\C=C1. The second kappa shape index (κ2) is 8.41. The highest BCUT2D eigenvalue weighted by molar-refractivity contribution is 5.47. The summed E-state index contributed by atoms with van der Waals surface area (Å²) in [6.45, 7) is 10.6. The van der Waals surface area contributed by atoms with Gasteiger partial charge in [0.15, 0.2) is 0 Å². The average molecular weight is 291 g/mol. The molecule has 0 aromatic heterocycles. The zero-order chi connectivity index (χ0) is 15.8. The van der Waals surface area contributed by atoms with Gasteiger partial charge < -0.3 is 0 Å². The molecule has 114 valence electrons. The summed E-state index contributed by atoms with van der Waals surface area (Å²) in [4.78, 5) is 2.53. The molecule has 1 aromatic rings. The predicted molar refractivity (Wildman–Crippen MR) is 95.8 cm³/mol. The van der Waals surface area contributed by atoms with Gasteiger partial charge in [0.2, 0.25) is 0 Å². The van der Waals surface area contributed by atoms with Crippen LogP contribution in [0.15, 0.2) is 60.7 Å². The summed E-state index contributed by atoms with van der Waals surface area (Å²) in [5.41, 5.74) is 3.29. The average Bonchev–Trinajstić information content (AvgIpc) is 2.56. The molecule has 1 unspecified atom stereocenters. The van der Waals surface area contributed by atoms with Crippen LogP contribution in [-0.2, 0) is 6.42 Å². The van der Waals surface area contributed by atoms with Crippen LogP contribution in [0.1, 0.15) is 31.4 Å². The van der Waals surface area contributed by atoms with Crippen LogP contribution in [0.25, 0.3) is 0 Å². The Balaban J connectivity index is 2.30. The molecule has 0 saturated heterocycles. The van der Waals surface area contributed by atoms with Crippen LogP contribution >= 0.6 is 0 Å². The van der Waals surface area contributed by atoms with E-state index in [0.29, 0.717) is 6.04 Å². The van der Waals surface area contributed by atoms with Gasteiger partial charge in [-0.2, -0.15) is 0 Å². The van der Waals surface area contributed by atoms with Gasteiger partial charge in [-0.25, -0.2) is 0 Å². The van der Waals surface area contributed by atoms with Crippen molar-refractivity contribution in [1.82, 2.24) is 4.90 Å². The van der Waals surface area contributed by atoms with Gasteiger partial charge >= 0.3 is 0 Å². The highest BCUT2D eigenvalue weighted by Gasteiger charge is 2.11. The molecular formula is C21H25N. The predicted octanol–water partition coefficient (Wildman–Crippen LogP) is 4.36. The first kappa shape index (κ1) is 16.3. The Kier molecular flexibility index (Phi) is 6.25. The topological polar surface area (TPSA) is 3.24 Å². The van der Waals surface area contributed by atoms with E-state index >= 15 is 0 Å². The normalized spacial score (nSPS) is 18.9. The Morgan fingerprint density at radius 1 is 1.23 bits per heavy atom. The van der Waals surface area contributed by atoms with Crippen LogP contribution in [-0.4, -0.2) is 24.0 Å². The monoisotopic (exact) mass is 291 g/mol. The number of hydrogen-bond acceptors (Lipinski definition) is 1. The van der Waals surface area contributed by atoms with Crippen molar-refractivity contribution in [3.63, 3.8) is 0 Å². The van der Waals surface area contributed by atoms with Crippen molar-refractivity contribution in [3.8, 4) is 11.8 Å². The molecule has 1 nitrogen and oxygen atoms in total. The molecule has 0 radical (unpaired) electrons. The summed E-state index contributed by atoms with van der Waals surface area (Å²) in [6.07, 6.45) is 10.5. The molecule has 22 heavy (non-hydrogen) atoms. The van der Waals surface area contributed by atoms with E-state index in [0.717, 1.165) is 30.6 Å². The second-order valence-electron chi connectivity index (χ2n) is 5.72. The van der Waals surface area contributed by atoms with Crippen molar-refractivity contribution in [2.75, 3.05) is 13.1 Å². The van der Waals surface area contributed by atoms with Gasteiger partial charge in [-0.1, -0.05) is 61.8 Å². The molecule has 1 aliphatic heterocycles. The fourth-order valence-corrected chi connectivity index (χ4v) is 2.51. The molecule has 0 amide bonds. The maximum Gasteiger partial charge on any atom is 0.0281 e. The van der Waals surface area contributed by atoms with E-state index in [-0.39, 0.29) is 0 Å². The van der Waals surface area contributed by atoms with E-state index in [9.17, 15) is 0 Å². The number of allylic oxidation sites excluding steroid dienone is 4. The van der Waals surface area contributed by atoms with E-state index in [4.69, 9.17) is 0 Å². The minimum absolute atomic E-state index is 0.590. The third-order valence-corrected chi connectivity index (χ3v) is 4.14. The zero-order valence-electron chi connectivity index (χ0n) is 13.7. The Morgan fingerprint density at radius 3 is 2.86 bits per heavy atom. The van der Waals surface area contributed by atoms with Crippen LogP contribution in [0.4, 0.5) is 0 Å². The number of hydrogen-bond donors (Lipinski definition) is 0. The number of nitrogens with zero attached hydrogens (tertiary/aromatic N) is 1. The first-order valence-corrected chi connectivity index (χ1v) is 8.06. The maximum atomic E-state index is 3.99. The molecule has 0 saturated carbocycles. The van der Waals surface area contributed by atoms with E-state index in [1.54, 1.807) is 0 Å². The molecule has 0 spiro atoms. The minimum Gasteiger partial charge on any atom is -0.297 e. The fourth-order valence-electron chi connectivity index (χ4n) is 2.51. The maximum absolute atomic E-state index is 3.99. The van der Waals surface area contributed by atoms with Gasteiger partial charge in [0, 0.05) is 30.3 Å². The van der Waals surface area contributed by atoms with Gasteiger partial charge in [-0.05, 0) is 37.5 Å². The van der Waals surface area contributed by atoms with Gasteiger partial charge in [-0.3, -0.25) is 4.90 Å². The standard InChI is InChI=1S/C21H25N/c1-4-19(3)22-16-9-5-6-10-18(2)13-14-20-11-7-8-12-21(20)15-17-22/h5-12,19H,2,4,15-17H2,1,3H3/b9-5-,10-6?. The number of rotatable bonds is 2. The quantitative estimate of drug-likeness (QED) is 0.732. The highest BCUT2D eigenvalue weighted by Crippen LogP contribution is 2.12. The highest BCUT2D eigenvalue weighted by atomic mass is 15.1.